The summed E-state index contributed by atoms with van der Waals surface area (Å²) in [6.07, 6.45) is 1.05. The van der Waals surface area contributed by atoms with E-state index in [1.807, 2.05) is 6.92 Å². The van der Waals surface area contributed by atoms with Crippen molar-refractivity contribution in [2.45, 2.75) is 25.9 Å². The smallest absolute Gasteiger partial charge is 0.138 e. The highest BCUT2D eigenvalue weighted by Gasteiger charge is 2.24. The lowest BCUT2D eigenvalue weighted by Gasteiger charge is -2.20. The second-order valence-corrected chi connectivity index (χ2v) is 4.04. The van der Waals surface area contributed by atoms with Gasteiger partial charge in [0.1, 0.15) is 11.9 Å². The molecule has 3 nitrogen and oxygen atoms in total. The molecule has 1 aromatic rings. The zero-order chi connectivity index (χ0) is 9.26. The van der Waals surface area contributed by atoms with E-state index >= 15 is 0 Å². The Balaban J connectivity index is 2.17. The van der Waals surface area contributed by atoms with Gasteiger partial charge in [0, 0.05) is 12.8 Å². The second-order valence-electron chi connectivity index (χ2n) is 3.15. The van der Waals surface area contributed by atoms with Gasteiger partial charge in [0.05, 0.1) is 22.7 Å². The molecule has 13 heavy (non-hydrogen) atoms. The Morgan fingerprint density at radius 1 is 1.69 bits per heavy atom. The molecule has 1 aromatic heterocycles. The van der Waals surface area contributed by atoms with Crippen molar-refractivity contribution in [2.24, 2.45) is 0 Å². The molecular weight excluding hydrogens is 186 g/mol. The molecule has 1 aliphatic heterocycles. The van der Waals surface area contributed by atoms with Crippen molar-refractivity contribution >= 4 is 17.1 Å². The van der Waals surface area contributed by atoms with Crippen LogP contribution < -0.4 is 0 Å². The average molecular weight is 197 g/mol. The predicted molar refractivity (Wildman–Crippen MR) is 49.8 cm³/mol. The molecule has 0 amide bonds. The third-order valence-corrected chi connectivity index (χ3v) is 3.21. The molecule has 70 valence electrons. The fraction of sp³-hybridized carbons (Fsp3) is 0.556. The Labute approximate surface area is 80.8 Å². The van der Waals surface area contributed by atoms with Crippen LogP contribution in [0.4, 0.5) is 0 Å². The zero-order valence-corrected chi connectivity index (χ0v) is 8.26. The second kappa shape index (κ2) is 3.55. The molecule has 4 heteroatoms. The first-order valence-electron chi connectivity index (χ1n) is 4.30. The van der Waals surface area contributed by atoms with E-state index in [1.165, 1.54) is 0 Å². The number of nitrogens with zero attached hydrogens (tertiary/aromatic N) is 1. The van der Waals surface area contributed by atoms with Crippen LogP contribution in [-0.4, -0.2) is 17.4 Å². The van der Waals surface area contributed by atoms with Gasteiger partial charge in [-0.25, -0.2) is 4.98 Å². The van der Waals surface area contributed by atoms with Crippen molar-refractivity contribution in [1.29, 1.82) is 0 Å². The Morgan fingerprint density at radius 2 is 2.54 bits per heavy atom. The minimum atomic E-state index is -0.0336. The molecule has 0 spiro atoms. The minimum absolute atomic E-state index is 0.0336. The number of Topliss-reactive ketones (excluding diaryl/α,β-unsaturated/α-hetero) is 1. The number of rotatable bonds is 1. The van der Waals surface area contributed by atoms with Gasteiger partial charge < -0.3 is 4.74 Å². The van der Waals surface area contributed by atoms with Crippen molar-refractivity contribution in [1.82, 2.24) is 4.98 Å². The van der Waals surface area contributed by atoms with E-state index in [4.69, 9.17) is 4.74 Å². The van der Waals surface area contributed by atoms with Gasteiger partial charge in [0.2, 0.25) is 0 Å². The van der Waals surface area contributed by atoms with Crippen molar-refractivity contribution in [3.63, 3.8) is 0 Å². The Bertz CT molecular complexity index is 321. The Kier molecular flexibility index (Phi) is 2.42. The van der Waals surface area contributed by atoms with Crippen LogP contribution in [0.1, 0.15) is 29.5 Å². The lowest BCUT2D eigenvalue weighted by atomic mass is 10.1. The van der Waals surface area contributed by atoms with Crippen LogP contribution in [0.15, 0.2) is 5.51 Å². The van der Waals surface area contributed by atoms with Crippen LogP contribution in [0.5, 0.6) is 0 Å². The summed E-state index contributed by atoms with van der Waals surface area (Å²) < 4.78 is 5.52. The quantitative estimate of drug-likeness (QED) is 0.690. The van der Waals surface area contributed by atoms with Gasteiger partial charge in [-0.2, -0.15) is 0 Å². The first kappa shape index (κ1) is 8.84. The van der Waals surface area contributed by atoms with Crippen LogP contribution in [0.2, 0.25) is 0 Å². The Hall–Kier alpha value is -0.740. The van der Waals surface area contributed by atoms with E-state index < -0.39 is 0 Å². The molecule has 1 atom stereocenters. The molecule has 2 heterocycles. The first-order chi connectivity index (χ1) is 6.27. The SMILES string of the molecule is Cc1ncsc1C1CC(=O)CCO1. The summed E-state index contributed by atoms with van der Waals surface area (Å²) in [5, 5.41) is 0. The van der Waals surface area contributed by atoms with E-state index in [0.29, 0.717) is 25.2 Å². The molecule has 0 radical (unpaired) electrons. The van der Waals surface area contributed by atoms with E-state index in [-0.39, 0.29) is 6.10 Å². The number of aromatic nitrogens is 1. The summed E-state index contributed by atoms with van der Waals surface area (Å²) in [6.45, 7) is 2.51. The number of aryl methyl sites for hydroxylation is 1. The largest absolute Gasteiger partial charge is 0.372 e. The topological polar surface area (TPSA) is 39.2 Å². The lowest BCUT2D eigenvalue weighted by Crippen LogP contribution is -2.19. The number of ketones is 1. The van der Waals surface area contributed by atoms with Crippen molar-refractivity contribution in [3.05, 3.63) is 16.1 Å². The number of thiazole rings is 1. The van der Waals surface area contributed by atoms with E-state index in [0.717, 1.165) is 10.6 Å². The van der Waals surface area contributed by atoms with Crippen LogP contribution in [0.3, 0.4) is 0 Å². The highest BCUT2D eigenvalue weighted by Crippen LogP contribution is 2.30. The van der Waals surface area contributed by atoms with Gasteiger partial charge in [0.25, 0.3) is 0 Å². The molecule has 1 unspecified atom stereocenters. The summed E-state index contributed by atoms with van der Waals surface area (Å²) in [7, 11) is 0. The Morgan fingerprint density at radius 3 is 3.15 bits per heavy atom. The standard InChI is InChI=1S/C9H11NO2S/c1-6-9(13-5-10-6)8-4-7(11)2-3-12-8/h5,8H,2-4H2,1H3. The monoisotopic (exact) mass is 197 g/mol. The van der Waals surface area contributed by atoms with Crippen LogP contribution in [-0.2, 0) is 9.53 Å². The fourth-order valence-corrected chi connectivity index (χ4v) is 2.32. The summed E-state index contributed by atoms with van der Waals surface area (Å²) in [6, 6.07) is 0. The third kappa shape index (κ3) is 1.78. The van der Waals surface area contributed by atoms with E-state index in [1.54, 1.807) is 16.8 Å². The normalized spacial score (nSPS) is 23.5. The van der Waals surface area contributed by atoms with Crippen LogP contribution in [0, 0.1) is 6.92 Å². The van der Waals surface area contributed by atoms with Crippen LogP contribution in [0.25, 0.3) is 0 Å². The third-order valence-electron chi connectivity index (χ3n) is 2.19. The maximum absolute atomic E-state index is 11.2. The van der Waals surface area contributed by atoms with Gasteiger partial charge in [-0.15, -0.1) is 11.3 Å². The number of carbonyl (C=O) groups excluding carboxylic acids is 1. The van der Waals surface area contributed by atoms with Crippen molar-refractivity contribution < 1.29 is 9.53 Å². The molecule has 0 aromatic carbocycles. The summed E-state index contributed by atoms with van der Waals surface area (Å²) >= 11 is 1.57. The van der Waals surface area contributed by atoms with E-state index in [2.05, 4.69) is 4.98 Å². The maximum Gasteiger partial charge on any atom is 0.138 e. The van der Waals surface area contributed by atoms with Gasteiger partial charge in [-0.3, -0.25) is 4.79 Å². The summed E-state index contributed by atoms with van der Waals surface area (Å²) in [5.74, 6) is 0.295. The molecule has 1 saturated heterocycles. The number of hydrogen-bond acceptors (Lipinski definition) is 4. The molecule has 0 N–H and O–H groups in total. The highest BCUT2D eigenvalue weighted by molar-refractivity contribution is 7.09. The van der Waals surface area contributed by atoms with Crippen molar-refractivity contribution in [3.8, 4) is 0 Å². The van der Waals surface area contributed by atoms with Crippen LogP contribution >= 0.6 is 11.3 Å². The highest BCUT2D eigenvalue weighted by atomic mass is 32.1. The van der Waals surface area contributed by atoms with E-state index in [9.17, 15) is 4.79 Å². The summed E-state index contributed by atoms with van der Waals surface area (Å²) in [4.78, 5) is 16.4. The zero-order valence-electron chi connectivity index (χ0n) is 7.45. The molecule has 0 bridgehead atoms. The minimum Gasteiger partial charge on any atom is -0.372 e. The number of hydrogen-bond donors (Lipinski definition) is 0. The van der Waals surface area contributed by atoms with Gasteiger partial charge in [-0.1, -0.05) is 0 Å². The van der Waals surface area contributed by atoms with Gasteiger partial charge >= 0.3 is 0 Å². The molecule has 1 aliphatic rings. The first-order valence-corrected chi connectivity index (χ1v) is 5.18. The predicted octanol–water partition coefficient (Wildman–Crippen LogP) is 1.87. The van der Waals surface area contributed by atoms with Gasteiger partial charge in [-0.05, 0) is 6.92 Å². The fourth-order valence-electron chi connectivity index (χ4n) is 1.47. The number of ether oxygens (including phenoxy) is 1. The molecule has 1 fully saturated rings. The summed E-state index contributed by atoms with van der Waals surface area (Å²) in [5.41, 5.74) is 2.79. The molecular formula is C9H11NO2S. The number of carbonyl (C=O) groups is 1. The lowest BCUT2D eigenvalue weighted by molar-refractivity contribution is -0.128. The van der Waals surface area contributed by atoms with Crippen molar-refractivity contribution in [2.75, 3.05) is 6.61 Å². The molecule has 0 saturated carbocycles. The van der Waals surface area contributed by atoms with Gasteiger partial charge in [0.15, 0.2) is 0 Å². The molecule has 0 aliphatic carbocycles. The maximum atomic E-state index is 11.2. The molecule has 2 rings (SSSR count). The average Bonchev–Trinajstić information content (AvgIpc) is 2.51.